The zero-order valence-corrected chi connectivity index (χ0v) is 26.9. The summed E-state index contributed by atoms with van der Waals surface area (Å²) in [6.07, 6.45) is -1.57. The minimum atomic E-state index is -0.756. The monoisotopic (exact) mass is 702 g/mol. The van der Waals surface area contributed by atoms with Gasteiger partial charge in [0.25, 0.3) is 0 Å². The van der Waals surface area contributed by atoms with Gasteiger partial charge in [-0.15, -0.1) is 0 Å². The van der Waals surface area contributed by atoms with Crippen molar-refractivity contribution in [3.63, 3.8) is 0 Å². The molecule has 0 amide bonds. The first-order valence-corrected chi connectivity index (χ1v) is 14.5. The standard InChI is InChI=1S/C26H38O12Se2/c1-15(2)24(30)35-11-9-33-21(28)13-17(5)37-20(27)8-7-19(39)23(40)26(32)38-18(6)14-22(29)34-10-12-36-25(31)16(3)4/h17-19,23,39-40H,1,3,7-14H2,2,4-6H3. The molecular weight excluding hydrogens is 662 g/mol. The van der Waals surface area contributed by atoms with E-state index in [9.17, 15) is 28.8 Å². The van der Waals surface area contributed by atoms with E-state index in [0.29, 0.717) is 0 Å². The fraction of sp³-hybridized carbons (Fsp3) is 0.615. The zero-order chi connectivity index (χ0) is 30.8. The Morgan fingerprint density at radius 2 is 1.05 bits per heavy atom. The maximum absolute atomic E-state index is 12.4. The van der Waals surface area contributed by atoms with Crippen molar-refractivity contribution in [2.75, 3.05) is 26.4 Å². The Balaban J connectivity index is 4.24. The third-order valence-corrected chi connectivity index (χ3v) is 8.14. The molecule has 4 atom stereocenters. The van der Waals surface area contributed by atoms with Gasteiger partial charge in [0, 0.05) is 5.57 Å². The molecule has 4 unspecified atom stereocenters. The molecule has 0 aromatic rings. The summed E-state index contributed by atoms with van der Waals surface area (Å²) < 4.78 is 30.0. The molecule has 14 heteroatoms. The smallest absolute Gasteiger partial charge is 0.0889 e. The summed E-state index contributed by atoms with van der Waals surface area (Å²) in [6, 6.07) is 0. The van der Waals surface area contributed by atoms with Gasteiger partial charge in [-0.3, -0.25) is 0 Å². The van der Waals surface area contributed by atoms with E-state index >= 15 is 0 Å². The van der Waals surface area contributed by atoms with Gasteiger partial charge in [-0.2, -0.15) is 0 Å². The fourth-order valence-electron chi connectivity index (χ4n) is 2.63. The van der Waals surface area contributed by atoms with Crippen molar-refractivity contribution in [2.24, 2.45) is 0 Å². The van der Waals surface area contributed by atoms with Gasteiger partial charge in [0.2, 0.25) is 0 Å². The summed E-state index contributed by atoms with van der Waals surface area (Å²) in [4.78, 5) is 69.9. The predicted octanol–water partition coefficient (Wildman–Crippen LogP) is 1.11. The van der Waals surface area contributed by atoms with E-state index in [1.807, 2.05) is 0 Å². The van der Waals surface area contributed by atoms with E-state index in [0.717, 1.165) is 0 Å². The number of carbonyl (C=O) groups is 6. The Labute approximate surface area is 250 Å². The fourth-order valence-corrected chi connectivity index (χ4v) is 3.60. The van der Waals surface area contributed by atoms with Crippen LogP contribution in [0.2, 0.25) is 9.63 Å². The minimum Gasteiger partial charge on any atom is -0.0889 e. The summed E-state index contributed by atoms with van der Waals surface area (Å²) in [5.41, 5.74) is 0.463. The Morgan fingerprint density at radius 1 is 0.650 bits per heavy atom. The van der Waals surface area contributed by atoms with Gasteiger partial charge in [0.05, 0.1) is 0 Å². The topological polar surface area (TPSA) is 158 Å². The van der Waals surface area contributed by atoms with Gasteiger partial charge in [-0.05, 0) is 13.8 Å². The molecule has 12 nitrogen and oxygen atoms in total. The Kier molecular flexibility index (Phi) is 18.9. The number of rotatable bonds is 19. The van der Waals surface area contributed by atoms with Gasteiger partial charge < -0.3 is 0 Å². The van der Waals surface area contributed by atoms with Crippen LogP contribution >= 0.6 is 0 Å². The van der Waals surface area contributed by atoms with Gasteiger partial charge >= 0.3 is 214 Å². The van der Waals surface area contributed by atoms with E-state index in [1.165, 1.54) is 27.7 Å². The third kappa shape index (κ3) is 17.8. The van der Waals surface area contributed by atoms with Crippen molar-refractivity contribution >= 4 is 67.8 Å². The molecule has 0 heterocycles. The molecule has 0 rings (SSSR count). The predicted molar refractivity (Wildman–Crippen MR) is 145 cm³/mol. The van der Waals surface area contributed by atoms with E-state index in [4.69, 9.17) is 28.4 Å². The first kappa shape index (κ1) is 37.3. The van der Waals surface area contributed by atoms with Crippen LogP contribution < -0.4 is 0 Å². The summed E-state index contributed by atoms with van der Waals surface area (Å²) >= 11 is 4.48. The van der Waals surface area contributed by atoms with E-state index in [-0.39, 0.29) is 68.1 Å². The maximum atomic E-state index is 12.4. The molecule has 0 N–H and O–H groups in total. The summed E-state index contributed by atoms with van der Waals surface area (Å²) in [5.74, 6) is -3.53. The number of ether oxygens (including phenoxy) is 6. The van der Waals surface area contributed by atoms with Crippen LogP contribution in [0.25, 0.3) is 0 Å². The Hall–Kier alpha value is -2.66. The summed E-state index contributed by atoms with van der Waals surface area (Å²) in [7, 11) is 0. The minimum absolute atomic E-state index is 0.00493. The van der Waals surface area contributed by atoms with E-state index < -0.39 is 52.8 Å². The third-order valence-electron chi connectivity index (χ3n) is 4.66. The molecule has 40 heavy (non-hydrogen) atoms. The van der Waals surface area contributed by atoms with Gasteiger partial charge in [-0.1, -0.05) is 13.2 Å². The van der Waals surface area contributed by atoms with Crippen LogP contribution in [0, 0.1) is 0 Å². The van der Waals surface area contributed by atoms with Crippen molar-refractivity contribution in [2.45, 2.75) is 75.2 Å². The van der Waals surface area contributed by atoms with Crippen LogP contribution in [0.3, 0.4) is 0 Å². The van der Waals surface area contributed by atoms with E-state index in [1.54, 1.807) is 0 Å². The molecule has 0 spiro atoms. The molecule has 0 bridgehead atoms. The molecule has 0 radical (unpaired) electrons. The zero-order valence-electron chi connectivity index (χ0n) is 23.2. The van der Waals surface area contributed by atoms with Crippen LogP contribution in [0.15, 0.2) is 24.3 Å². The van der Waals surface area contributed by atoms with Crippen molar-refractivity contribution in [3.8, 4) is 0 Å². The number of carbonyl (C=O) groups excluding carboxylic acids is 6. The van der Waals surface area contributed by atoms with Gasteiger partial charge in [0.15, 0.2) is 0 Å². The van der Waals surface area contributed by atoms with Crippen LogP contribution in [0.4, 0.5) is 0 Å². The van der Waals surface area contributed by atoms with Crippen LogP contribution in [-0.4, -0.2) is 106 Å². The average molecular weight is 700 g/mol. The Morgan fingerprint density at radius 3 is 1.48 bits per heavy atom. The second-order valence-electron chi connectivity index (χ2n) is 8.78. The molecular formula is C26H38O12Se2. The molecule has 0 aliphatic carbocycles. The molecule has 0 fully saturated rings. The summed E-state index contributed by atoms with van der Waals surface area (Å²) in [6.45, 7) is 12.4. The number of hydrogen-bond donors (Lipinski definition) is 0. The SMILES string of the molecule is C=C(C)C(=O)OCCOC(=O)CC(C)OC(=O)CCC([SeH])C([SeH])C(=O)OC(C)CC(=O)OCCOC(=O)C(=C)C. The van der Waals surface area contributed by atoms with Crippen molar-refractivity contribution in [1.29, 1.82) is 0 Å². The van der Waals surface area contributed by atoms with Crippen LogP contribution in [-0.2, 0) is 57.2 Å². The second kappa shape index (κ2) is 20.3. The van der Waals surface area contributed by atoms with Crippen molar-refractivity contribution < 1.29 is 57.2 Å². The molecule has 0 aromatic carbocycles. The van der Waals surface area contributed by atoms with Gasteiger partial charge in [-0.25, -0.2) is 4.79 Å². The number of hydrogen-bond acceptors (Lipinski definition) is 12. The van der Waals surface area contributed by atoms with Crippen molar-refractivity contribution in [3.05, 3.63) is 24.3 Å². The molecule has 0 aliphatic rings. The summed E-state index contributed by atoms with van der Waals surface area (Å²) in [5, 5.41) is 0. The molecule has 0 saturated heterocycles. The van der Waals surface area contributed by atoms with Crippen molar-refractivity contribution in [1.82, 2.24) is 0 Å². The van der Waals surface area contributed by atoms with Crippen LogP contribution in [0.1, 0.15) is 53.4 Å². The molecule has 0 aromatic heterocycles. The molecule has 0 aliphatic heterocycles. The van der Waals surface area contributed by atoms with E-state index in [2.05, 4.69) is 45.2 Å². The van der Waals surface area contributed by atoms with Gasteiger partial charge in [0.1, 0.15) is 0 Å². The first-order chi connectivity index (χ1) is 18.6. The quantitative estimate of drug-likeness (QED) is 0.0623. The molecule has 0 saturated carbocycles. The molecule has 226 valence electrons. The normalized spacial score (nSPS) is 13.4. The van der Waals surface area contributed by atoms with Crippen LogP contribution in [0.5, 0.6) is 0 Å². The second-order valence-corrected chi connectivity index (χ2v) is 11.3. The first-order valence-electron chi connectivity index (χ1n) is 12.4. The number of esters is 6. The average Bonchev–Trinajstić information content (AvgIpc) is 2.86. The Bertz CT molecular complexity index is 933.